The molecule has 1 N–H and O–H groups in total. The number of nitrogens with zero attached hydrogens (tertiary/aromatic N) is 3. The van der Waals surface area contributed by atoms with Crippen LogP contribution in [0.2, 0.25) is 0 Å². The van der Waals surface area contributed by atoms with E-state index in [0.717, 1.165) is 21.8 Å². The van der Waals surface area contributed by atoms with Crippen molar-refractivity contribution >= 4 is 28.8 Å². The van der Waals surface area contributed by atoms with Crippen molar-refractivity contribution in [2.45, 2.75) is 52.2 Å². The summed E-state index contributed by atoms with van der Waals surface area (Å²) in [6.45, 7) is 9.85. The van der Waals surface area contributed by atoms with Gasteiger partial charge in [-0.15, -0.1) is 11.3 Å². The van der Waals surface area contributed by atoms with Crippen LogP contribution in [0.4, 0.5) is 5.69 Å². The Kier molecular flexibility index (Phi) is 4.81. The van der Waals surface area contributed by atoms with Gasteiger partial charge in [-0.3, -0.25) is 19.2 Å². The zero-order valence-electron chi connectivity index (χ0n) is 17.9. The summed E-state index contributed by atoms with van der Waals surface area (Å²) in [5.41, 5.74) is 1.36. The van der Waals surface area contributed by atoms with E-state index in [1.807, 2.05) is 82.5 Å². The molecule has 2 aromatic heterocycles. The van der Waals surface area contributed by atoms with Crippen molar-refractivity contribution in [3.63, 3.8) is 0 Å². The normalized spacial score (nSPS) is 19.0. The number of amides is 2. The van der Waals surface area contributed by atoms with Crippen LogP contribution in [-0.4, -0.2) is 32.7 Å². The fraction of sp³-hybridized carbons (Fsp3) is 0.348. The summed E-state index contributed by atoms with van der Waals surface area (Å²) in [7, 11) is 0. The summed E-state index contributed by atoms with van der Waals surface area (Å²) < 4.78 is 1.67. The van der Waals surface area contributed by atoms with E-state index in [1.165, 1.54) is 0 Å². The molecule has 2 amide bonds. The zero-order valence-corrected chi connectivity index (χ0v) is 18.7. The van der Waals surface area contributed by atoms with Gasteiger partial charge in [-0.2, -0.15) is 5.10 Å². The molecule has 0 saturated heterocycles. The first kappa shape index (κ1) is 20.3. The smallest absolute Gasteiger partial charge is 0.277 e. The Morgan fingerprint density at radius 2 is 1.93 bits per heavy atom. The van der Waals surface area contributed by atoms with Gasteiger partial charge < -0.3 is 5.32 Å². The van der Waals surface area contributed by atoms with Crippen LogP contribution in [-0.2, 0) is 11.3 Å². The maximum absolute atomic E-state index is 13.7. The molecule has 0 aliphatic carbocycles. The molecule has 0 bridgehead atoms. The monoisotopic (exact) mass is 422 g/mol. The molecule has 3 aromatic rings. The van der Waals surface area contributed by atoms with Crippen molar-refractivity contribution in [2.75, 3.05) is 4.90 Å². The lowest BCUT2D eigenvalue weighted by Gasteiger charge is -2.44. The van der Waals surface area contributed by atoms with Gasteiger partial charge >= 0.3 is 0 Å². The van der Waals surface area contributed by atoms with Gasteiger partial charge in [0.1, 0.15) is 16.9 Å². The molecule has 0 spiro atoms. The van der Waals surface area contributed by atoms with Crippen LogP contribution in [0, 0.1) is 6.92 Å². The number of carbonyl (C=O) groups is 2. The first-order valence-electron chi connectivity index (χ1n) is 9.95. The highest BCUT2D eigenvalue weighted by molar-refractivity contribution is 7.13. The lowest BCUT2D eigenvalue weighted by molar-refractivity contribution is -0.128. The molecule has 1 aromatic carbocycles. The number of anilines is 1. The highest BCUT2D eigenvalue weighted by Gasteiger charge is 2.49. The number of hydrogen-bond donors (Lipinski definition) is 1. The number of aryl methyl sites for hydroxylation is 1. The minimum atomic E-state index is -1.12. The lowest BCUT2D eigenvalue weighted by Crippen LogP contribution is -2.66. The molecule has 1 atom stereocenters. The Bertz CT molecular complexity index is 1110. The maximum Gasteiger partial charge on any atom is 0.277 e. The Morgan fingerprint density at radius 1 is 1.20 bits per heavy atom. The summed E-state index contributed by atoms with van der Waals surface area (Å²) in [5.74, 6) is -0.428. The summed E-state index contributed by atoms with van der Waals surface area (Å²) in [6, 6.07) is 13.4. The minimum Gasteiger partial charge on any atom is -0.349 e. The number of carbonyl (C=O) groups excluding carboxylic acids is 2. The molecule has 0 unspecified atom stereocenters. The zero-order chi connectivity index (χ0) is 21.7. The van der Waals surface area contributed by atoms with E-state index >= 15 is 0 Å². The number of hydrogen-bond acceptors (Lipinski definition) is 4. The Hall–Kier alpha value is -2.93. The topological polar surface area (TPSA) is 67.2 Å². The van der Waals surface area contributed by atoms with Gasteiger partial charge in [-0.05, 0) is 63.8 Å². The molecule has 6 nitrogen and oxygen atoms in total. The molecule has 30 heavy (non-hydrogen) atoms. The van der Waals surface area contributed by atoms with Crippen molar-refractivity contribution in [1.82, 2.24) is 15.1 Å². The molecule has 1 aliphatic rings. The fourth-order valence-corrected chi connectivity index (χ4v) is 4.47. The van der Waals surface area contributed by atoms with Crippen LogP contribution in [0.15, 0.2) is 47.8 Å². The van der Waals surface area contributed by atoms with Gasteiger partial charge in [0.05, 0.1) is 11.4 Å². The minimum absolute atomic E-state index is 0.203. The number of thiophene rings is 1. The average molecular weight is 423 g/mol. The molecular weight excluding hydrogens is 396 g/mol. The van der Waals surface area contributed by atoms with Crippen molar-refractivity contribution < 1.29 is 9.59 Å². The number of nitrogens with one attached hydrogen (secondary N) is 1. The second kappa shape index (κ2) is 7.09. The van der Waals surface area contributed by atoms with Gasteiger partial charge in [0.15, 0.2) is 0 Å². The second-order valence-corrected chi connectivity index (χ2v) is 9.90. The lowest BCUT2D eigenvalue weighted by atomic mass is 9.92. The first-order valence-corrected chi connectivity index (χ1v) is 10.8. The van der Waals surface area contributed by atoms with Crippen molar-refractivity contribution in [1.29, 1.82) is 0 Å². The SMILES string of the molecule is Cc1ccccc1N1C(=O)c2cc(-c3cccs3)nn2C[C@]1(C)C(=O)NC(C)(C)C. The predicted octanol–water partition coefficient (Wildman–Crippen LogP) is 4.25. The van der Waals surface area contributed by atoms with Crippen molar-refractivity contribution in [3.05, 3.63) is 59.1 Å². The highest BCUT2D eigenvalue weighted by Crippen LogP contribution is 2.36. The number of para-hydroxylation sites is 1. The van der Waals surface area contributed by atoms with E-state index < -0.39 is 11.1 Å². The first-order chi connectivity index (χ1) is 14.1. The van der Waals surface area contributed by atoms with Crippen LogP contribution in [0.1, 0.15) is 43.7 Å². The summed E-state index contributed by atoms with van der Waals surface area (Å²) >= 11 is 1.57. The Labute approximate surface area is 180 Å². The quantitative estimate of drug-likeness (QED) is 0.686. The van der Waals surface area contributed by atoms with E-state index in [1.54, 1.807) is 20.9 Å². The van der Waals surface area contributed by atoms with E-state index in [-0.39, 0.29) is 18.4 Å². The molecular formula is C23H26N4O2S. The Morgan fingerprint density at radius 3 is 2.57 bits per heavy atom. The van der Waals surface area contributed by atoms with Gasteiger partial charge in [0, 0.05) is 11.2 Å². The van der Waals surface area contributed by atoms with Crippen molar-refractivity contribution in [3.8, 4) is 10.6 Å². The third-order valence-electron chi connectivity index (χ3n) is 5.26. The third-order valence-corrected chi connectivity index (χ3v) is 6.15. The largest absolute Gasteiger partial charge is 0.349 e. The average Bonchev–Trinajstić information content (AvgIpc) is 3.31. The summed E-state index contributed by atoms with van der Waals surface area (Å²) in [6.07, 6.45) is 0. The third kappa shape index (κ3) is 3.43. The molecule has 3 heterocycles. The molecule has 7 heteroatoms. The van der Waals surface area contributed by atoms with E-state index in [2.05, 4.69) is 10.4 Å². The number of benzene rings is 1. The highest BCUT2D eigenvalue weighted by atomic mass is 32.1. The summed E-state index contributed by atoms with van der Waals surface area (Å²) in [5, 5.41) is 9.71. The molecule has 0 saturated carbocycles. The predicted molar refractivity (Wildman–Crippen MR) is 120 cm³/mol. The number of rotatable bonds is 3. The molecule has 0 radical (unpaired) electrons. The van der Waals surface area contributed by atoms with Crippen molar-refractivity contribution in [2.24, 2.45) is 0 Å². The molecule has 0 fully saturated rings. The molecule has 1 aliphatic heterocycles. The van der Waals surface area contributed by atoms with Crippen LogP contribution < -0.4 is 10.2 Å². The van der Waals surface area contributed by atoms with Crippen LogP contribution >= 0.6 is 11.3 Å². The van der Waals surface area contributed by atoms with Gasteiger partial charge in [0.2, 0.25) is 5.91 Å². The standard InChI is InChI=1S/C23H26N4O2S/c1-15-9-6-7-10-17(15)27-20(28)18-13-16(19-11-8-12-30-19)25-26(18)14-23(27,5)21(29)24-22(2,3)4/h6-13H,14H2,1-5H3,(H,24,29)/t23-/m1/s1. The van der Waals surface area contributed by atoms with Gasteiger partial charge in [0.25, 0.3) is 5.91 Å². The summed E-state index contributed by atoms with van der Waals surface area (Å²) in [4.78, 5) is 29.8. The van der Waals surface area contributed by atoms with E-state index in [4.69, 9.17) is 0 Å². The van der Waals surface area contributed by atoms with E-state index in [0.29, 0.717) is 5.69 Å². The van der Waals surface area contributed by atoms with Gasteiger partial charge in [-0.1, -0.05) is 24.3 Å². The maximum atomic E-state index is 13.7. The molecule has 156 valence electrons. The second-order valence-electron chi connectivity index (χ2n) is 8.95. The van der Waals surface area contributed by atoms with Crippen LogP contribution in [0.25, 0.3) is 10.6 Å². The van der Waals surface area contributed by atoms with Crippen LogP contribution in [0.3, 0.4) is 0 Å². The fourth-order valence-electron chi connectivity index (χ4n) is 3.79. The van der Waals surface area contributed by atoms with E-state index in [9.17, 15) is 9.59 Å². The molecule has 4 rings (SSSR count). The number of fused-ring (bicyclic) bond motifs is 1. The Balaban J connectivity index is 1.86. The van der Waals surface area contributed by atoms with Gasteiger partial charge in [-0.25, -0.2) is 0 Å². The van der Waals surface area contributed by atoms with Crippen LogP contribution in [0.5, 0.6) is 0 Å². The number of aromatic nitrogens is 2.